The molecule has 80 valence electrons. The van der Waals surface area contributed by atoms with Gasteiger partial charge in [-0.3, -0.25) is 4.79 Å². The summed E-state index contributed by atoms with van der Waals surface area (Å²) in [7, 11) is 0. The third-order valence-corrected chi connectivity index (χ3v) is 2.75. The van der Waals surface area contributed by atoms with Crippen molar-refractivity contribution in [2.45, 2.75) is 13.3 Å². The zero-order valence-corrected chi connectivity index (χ0v) is 8.06. The van der Waals surface area contributed by atoms with Crippen molar-refractivity contribution in [3.63, 3.8) is 0 Å². The van der Waals surface area contributed by atoms with Gasteiger partial charge >= 0.3 is 0 Å². The number of rotatable bonds is 2. The fourth-order valence-corrected chi connectivity index (χ4v) is 1.60. The summed E-state index contributed by atoms with van der Waals surface area (Å²) in [4.78, 5) is 11.6. The quantitative estimate of drug-likeness (QED) is 0.546. The fraction of sp³-hybridized carbons (Fsp3) is 0.364. The summed E-state index contributed by atoms with van der Waals surface area (Å²) < 4.78 is 38.6. The molecule has 0 N–H and O–H groups in total. The van der Waals surface area contributed by atoms with Crippen LogP contribution < -0.4 is 0 Å². The predicted octanol–water partition coefficient (Wildman–Crippen LogP) is 2.94. The van der Waals surface area contributed by atoms with Gasteiger partial charge in [0.05, 0.1) is 5.56 Å². The molecule has 0 aliphatic heterocycles. The molecule has 1 fully saturated rings. The molecule has 1 saturated carbocycles. The van der Waals surface area contributed by atoms with Gasteiger partial charge in [-0.1, -0.05) is 6.92 Å². The Labute approximate surface area is 84.9 Å². The van der Waals surface area contributed by atoms with E-state index in [0.29, 0.717) is 6.42 Å². The Balaban J connectivity index is 2.37. The Bertz CT molecular complexity index is 428. The topological polar surface area (TPSA) is 17.1 Å². The lowest BCUT2D eigenvalue weighted by Gasteiger charge is -2.02. The van der Waals surface area contributed by atoms with Gasteiger partial charge in [-0.2, -0.15) is 0 Å². The molecule has 0 amide bonds. The minimum atomic E-state index is -1.57. The summed E-state index contributed by atoms with van der Waals surface area (Å²) in [6.07, 6.45) is 0.692. The summed E-state index contributed by atoms with van der Waals surface area (Å²) in [5.41, 5.74) is -0.344. The van der Waals surface area contributed by atoms with E-state index in [1.54, 1.807) is 0 Å². The van der Waals surface area contributed by atoms with Gasteiger partial charge in [-0.25, -0.2) is 13.2 Å². The molecule has 0 aromatic heterocycles. The lowest BCUT2D eigenvalue weighted by molar-refractivity contribution is 0.0957. The standard InChI is InChI=1S/C11H9F3O/c1-5-4-7(5)11(15)6-2-3-8(12)10(14)9(6)13/h2-3,5,7H,4H2,1H3. The van der Waals surface area contributed by atoms with E-state index >= 15 is 0 Å². The molecule has 1 aliphatic carbocycles. The molecular weight excluding hydrogens is 205 g/mol. The lowest BCUT2D eigenvalue weighted by Crippen LogP contribution is -2.08. The van der Waals surface area contributed by atoms with Crippen LogP contribution in [-0.2, 0) is 0 Å². The molecule has 1 aliphatic rings. The van der Waals surface area contributed by atoms with Crippen molar-refractivity contribution < 1.29 is 18.0 Å². The average molecular weight is 214 g/mol. The number of Topliss-reactive ketones (excluding diaryl/α,β-unsaturated/α-hetero) is 1. The van der Waals surface area contributed by atoms with E-state index in [0.717, 1.165) is 12.1 Å². The van der Waals surface area contributed by atoms with E-state index < -0.39 is 23.2 Å². The maximum atomic E-state index is 13.2. The van der Waals surface area contributed by atoms with Crippen molar-refractivity contribution in [2.24, 2.45) is 11.8 Å². The van der Waals surface area contributed by atoms with Crippen LogP contribution in [0.2, 0.25) is 0 Å². The second kappa shape index (κ2) is 3.36. The highest BCUT2D eigenvalue weighted by atomic mass is 19.2. The van der Waals surface area contributed by atoms with Gasteiger partial charge in [-0.05, 0) is 24.5 Å². The second-order valence-corrected chi connectivity index (χ2v) is 3.91. The molecule has 1 aromatic carbocycles. The van der Waals surface area contributed by atoms with Crippen molar-refractivity contribution >= 4 is 5.78 Å². The molecule has 2 unspecified atom stereocenters. The monoisotopic (exact) mass is 214 g/mol. The Hall–Kier alpha value is -1.32. The highest BCUT2D eigenvalue weighted by Crippen LogP contribution is 2.40. The van der Waals surface area contributed by atoms with Crippen LogP contribution in [0.3, 0.4) is 0 Å². The number of carbonyl (C=O) groups excluding carboxylic acids is 1. The van der Waals surface area contributed by atoms with E-state index in [1.165, 1.54) is 0 Å². The number of hydrogen-bond acceptors (Lipinski definition) is 1. The van der Waals surface area contributed by atoms with Crippen LogP contribution in [0.15, 0.2) is 12.1 Å². The van der Waals surface area contributed by atoms with Gasteiger partial charge in [0.2, 0.25) is 0 Å². The van der Waals surface area contributed by atoms with Gasteiger partial charge in [0.1, 0.15) is 0 Å². The minimum Gasteiger partial charge on any atom is -0.294 e. The van der Waals surface area contributed by atoms with Gasteiger partial charge in [0, 0.05) is 5.92 Å². The van der Waals surface area contributed by atoms with E-state index in [4.69, 9.17) is 0 Å². The molecular formula is C11H9F3O. The normalized spacial score (nSPS) is 24.0. The SMILES string of the molecule is CC1CC1C(=O)c1ccc(F)c(F)c1F. The zero-order chi connectivity index (χ0) is 11.2. The first-order chi connectivity index (χ1) is 7.02. The number of carbonyl (C=O) groups is 1. The van der Waals surface area contributed by atoms with Crippen molar-refractivity contribution in [3.8, 4) is 0 Å². The van der Waals surface area contributed by atoms with Gasteiger partial charge < -0.3 is 0 Å². The Morgan fingerprint density at radius 2 is 1.87 bits per heavy atom. The molecule has 0 saturated heterocycles. The summed E-state index contributed by atoms with van der Waals surface area (Å²) in [5, 5.41) is 0. The van der Waals surface area contributed by atoms with Crippen molar-refractivity contribution in [1.82, 2.24) is 0 Å². The molecule has 2 rings (SSSR count). The predicted molar refractivity (Wildman–Crippen MR) is 47.9 cm³/mol. The number of hydrogen-bond donors (Lipinski definition) is 0. The van der Waals surface area contributed by atoms with Crippen molar-refractivity contribution in [2.75, 3.05) is 0 Å². The molecule has 2 atom stereocenters. The highest BCUT2D eigenvalue weighted by molar-refractivity contribution is 5.99. The Morgan fingerprint density at radius 3 is 2.40 bits per heavy atom. The minimum absolute atomic E-state index is 0.213. The largest absolute Gasteiger partial charge is 0.294 e. The van der Waals surface area contributed by atoms with Crippen LogP contribution in [-0.4, -0.2) is 5.78 Å². The van der Waals surface area contributed by atoms with Crippen LogP contribution in [0.4, 0.5) is 13.2 Å². The van der Waals surface area contributed by atoms with Crippen LogP contribution in [0, 0.1) is 29.3 Å². The van der Waals surface area contributed by atoms with E-state index in [9.17, 15) is 18.0 Å². The molecule has 0 radical (unpaired) electrons. The second-order valence-electron chi connectivity index (χ2n) is 3.91. The third kappa shape index (κ3) is 1.64. The van der Waals surface area contributed by atoms with Crippen LogP contribution in [0.1, 0.15) is 23.7 Å². The summed E-state index contributed by atoms with van der Waals surface area (Å²) in [6, 6.07) is 1.78. The molecule has 15 heavy (non-hydrogen) atoms. The zero-order valence-electron chi connectivity index (χ0n) is 8.06. The Kier molecular flexibility index (Phi) is 2.29. The summed E-state index contributed by atoms with van der Waals surface area (Å²) in [6.45, 7) is 1.86. The third-order valence-electron chi connectivity index (χ3n) is 2.75. The van der Waals surface area contributed by atoms with Crippen molar-refractivity contribution in [3.05, 3.63) is 35.1 Å². The first kappa shape index (κ1) is 10.2. The van der Waals surface area contributed by atoms with Gasteiger partial charge in [0.25, 0.3) is 0 Å². The number of benzene rings is 1. The van der Waals surface area contributed by atoms with E-state index in [1.807, 2.05) is 6.92 Å². The highest BCUT2D eigenvalue weighted by Gasteiger charge is 2.40. The van der Waals surface area contributed by atoms with E-state index in [-0.39, 0.29) is 17.4 Å². The van der Waals surface area contributed by atoms with Crippen LogP contribution in [0.5, 0.6) is 0 Å². The molecule has 0 heterocycles. The number of ketones is 1. The first-order valence-electron chi connectivity index (χ1n) is 4.70. The fourth-order valence-electron chi connectivity index (χ4n) is 1.60. The smallest absolute Gasteiger partial charge is 0.195 e. The van der Waals surface area contributed by atoms with Crippen molar-refractivity contribution in [1.29, 1.82) is 0 Å². The van der Waals surface area contributed by atoms with E-state index in [2.05, 4.69) is 0 Å². The van der Waals surface area contributed by atoms with Gasteiger partial charge in [0.15, 0.2) is 23.2 Å². The van der Waals surface area contributed by atoms with Gasteiger partial charge in [-0.15, -0.1) is 0 Å². The number of halogens is 3. The molecule has 1 aromatic rings. The maximum Gasteiger partial charge on any atom is 0.195 e. The maximum absolute atomic E-state index is 13.2. The first-order valence-corrected chi connectivity index (χ1v) is 4.70. The molecule has 0 spiro atoms. The Morgan fingerprint density at radius 1 is 1.27 bits per heavy atom. The molecule has 1 nitrogen and oxygen atoms in total. The summed E-state index contributed by atoms with van der Waals surface area (Å²) in [5.74, 6) is -4.67. The molecule has 0 bridgehead atoms. The summed E-state index contributed by atoms with van der Waals surface area (Å²) >= 11 is 0. The van der Waals surface area contributed by atoms with Crippen LogP contribution in [0.25, 0.3) is 0 Å². The molecule has 4 heteroatoms. The van der Waals surface area contributed by atoms with Crippen LogP contribution >= 0.6 is 0 Å². The lowest BCUT2D eigenvalue weighted by atomic mass is 10.1. The average Bonchev–Trinajstić information content (AvgIpc) is 2.91.